The highest BCUT2D eigenvalue weighted by Gasteiger charge is 2.51. The SMILES string of the molecule is COC(=O)C1=C[C@H](O[Si](c2ccccc2)(c2ccccc2)C(C)(C)C)CCN1C(=O)OC. The molecule has 32 heavy (non-hydrogen) atoms. The van der Waals surface area contributed by atoms with E-state index in [4.69, 9.17) is 13.9 Å². The molecule has 3 rings (SSSR count). The highest BCUT2D eigenvalue weighted by atomic mass is 28.4. The summed E-state index contributed by atoms with van der Waals surface area (Å²) in [6.07, 6.45) is 1.29. The Morgan fingerprint density at radius 1 is 0.906 bits per heavy atom. The van der Waals surface area contributed by atoms with Crippen LogP contribution in [0.1, 0.15) is 27.2 Å². The molecule has 0 aromatic heterocycles. The normalized spacial score (nSPS) is 16.8. The van der Waals surface area contributed by atoms with E-state index in [2.05, 4.69) is 45.0 Å². The molecule has 1 atom stereocenters. The van der Waals surface area contributed by atoms with Crippen LogP contribution < -0.4 is 10.4 Å². The van der Waals surface area contributed by atoms with Gasteiger partial charge in [0.15, 0.2) is 0 Å². The summed E-state index contributed by atoms with van der Waals surface area (Å²) in [6.45, 7) is 6.91. The first-order chi connectivity index (χ1) is 15.2. The van der Waals surface area contributed by atoms with Crippen molar-refractivity contribution in [2.24, 2.45) is 0 Å². The van der Waals surface area contributed by atoms with E-state index in [9.17, 15) is 9.59 Å². The number of methoxy groups -OCH3 is 2. The van der Waals surface area contributed by atoms with Crippen molar-refractivity contribution in [1.82, 2.24) is 4.90 Å². The molecule has 6 nitrogen and oxygen atoms in total. The molecule has 0 spiro atoms. The van der Waals surface area contributed by atoms with Gasteiger partial charge in [0.1, 0.15) is 5.70 Å². The molecule has 0 aliphatic carbocycles. The molecule has 0 bridgehead atoms. The first-order valence-electron chi connectivity index (χ1n) is 10.7. The van der Waals surface area contributed by atoms with Crippen LogP contribution in [0.5, 0.6) is 0 Å². The van der Waals surface area contributed by atoms with E-state index in [0.717, 1.165) is 10.4 Å². The number of benzene rings is 2. The number of carbonyl (C=O) groups excluding carboxylic acids is 2. The monoisotopic (exact) mass is 453 g/mol. The lowest BCUT2D eigenvalue weighted by molar-refractivity contribution is -0.138. The standard InChI is InChI=1S/C25H31NO5Si/c1-25(2,3)32(20-12-8-6-9-13-20,21-14-10-7-11-15-21)31-19-16-17-26(24(28)30-5)22(18-19)23(27)29-4/h6-15,18-19H,16-17H2,1-5H3/t19-/m1/s1. The van der Waals surface area contributed by atoms with Gasteiger partial charge >= 0.3 is 12.1 Å². The summed E-state index contributed by atoms with van der Waals surface area (Å²) < 4.78 is 16.9. The summed E-state index contributed by atoms with van der Waals surface area (Å²) in [4.78, 5) is 26.0. The van der Waals surface area contributed by atoms with E-state index in [1.165, 1.54) is 19.1 Å². The maximum atomic E-state index is 12.5. The second-order valence-electron chi connectivity index (χ2n) is 8.77. The minimum absolute atomic E-state index is 0.147. The highest BCUT2D eigenvalue weighted by Crippen LogP contribution is 2.38. The summed E-state index contributed by atoms with van der Waals surface area (Å²) in [5.41, 5.74) is 0.147. The highest BCUT2D eigenvalue weighted by molar-refractivity contribution is 6.99. The van der Waals surface area contributed by atoms with Crippen LogP contribution in [0, 0.1) is 0 Å². The molecule has 0 saturated heterocycles. The smallest absolute Gasteiger partial charge is 0.414 e. The molecule has 2 aromatic rings. The molecule has 0 fully saturated rings. The van der Waals surface area contributed by atoms with Gasteiger partial charge in [0.05, 0.1) is 20.3 Å². The van der Waals surface area contributed by atoms with Gasteiger partial charge in [0, 0.05) is 6.54 Å². The summed E-state index contributed by atoms with van der Waals surface area (Å²) in [6, 6.07) is 20.6. The number of ether oxygens (including phenoxy) is 2. The second kappa shape index (κ2) is 9.71. The maximum absolute atomic E-state index is 12.5. The third-order valence-corrected chi connectivity index (χ3v) is 10.9. The summed E-state index contributed by atoms with van der Waals surface area (Å²) in [5.74, 6) is -0.592. The number of amides is 1. The number of carbonyl (C=O) groups is 2. The van der Waals surface area contributed by atoms with Crippen LogP contribution in [0.2, 0.25) is 5.04 Å². The van der Waals surface area contributed by atoms with Crippen molar-refractivity contribution < 1.29 is 23.5 Å². The van der Waals surface area contributed by atoms with Crippen molar-refractivity contribution in [3.05, 3.63) is 72.4 Å². The van der Waals surface area contributed by atoms with Gasteiger partial charge < -0.3 is 13.9 Å². The molecule has 7 heteroatoms. The van der Waals surface area contributed by atoms with Gasteiger partial charge in [-0.05, 0) is 27.9 Å². The third-order valence-electron chi connectivity index (χ3n) is 5.81. The molecule has 170 valence electrons. The molecular weight excluding hydrogens is 422 g/mol. The molecule has 0 radical (unpaired) electrons. The van der Waals surface area contributed by atoms with Crippen molar-refractivity contribution >= 4 is 30.8 Å². The van der Waals surface area contributed by atoms with Crippen molar-refractivity contribution in [3.8, 4) is 0 Å². The fraction of sp³-hybridized carbons (Fsp3) is 0.360. The Labute approximate surface area is 190 Å². The van der Waals surface area contributed by atoms with Crippen LogP contribution >= 0.6 is 0 Å². The Balaban J connectivity index is 2.13. The van der Waals surface area contributed by atoms with Crippen molar-refractivity contribution in [3.63, 3.8) is 0 Å². The van der Waals surface area contributed by atoms with Gasteiger partial charge in [-0.15, -0.1) is 0 Å². The molecule has 0 saturated carbocycles. The average molecular weight is 454 g/mol. The molecule has 1 heterocycles. The third kappa shape index (κ3) is 4.49. The predicted molar refractivity (Wildman–Crippen MR) is 126 cm³/mol. The van der Waals surface area contributed by atoms with E-state index < -0.39 is 20.4 Å². The van der Waals surface area contributed by atoms with Gasteiger partial charge in [0.25, 0.3) is 8.32 Å². The number of nitrogens with zero attached hydrogens (tertiary/aromatic N) is 1. The number of rotatable bonds is 5. The van der Waals surface area contributed by atoms with E-state index >= 15 is 0 Å². The molecule has 2 aromatic carbocycles. The maximum Gasteiger partial charge on any atom is 0.414 e. The van der Waals surface area contributed by atoms with Gasteiger partial charge in [-0.1, -0.05) is 81.4 Å². The van der Waals surface area contributed by atoms with Crippen LogP contribution in [-0.2, 0) is 18.7 Å². The zero-order valence-electron chi connectivity index (χ0n) is 19.3. The lowest BCUT2D eigenvalue weighted by Crippen LogP contribution is -2.68. The quantitative estimate of drug-likeness (QED) is 0.512. The van der Waals surface area contributed by atoms with Crippen molar-refractivity contribution in [1.29, 1.82) is 0 Å². The van der Waals surface area contributed by atoms with Crippen molar-refractivity contribution in [2.75, 3.05) is 20.8 Å². The predicted octanol–water partition coefficient (Wildman–Crippen LogP) is 3.46. The lowest BCUT2D eigenvalue weighted by Gasteiger charge is -2.45. The molecule has 0 unspecified atom stereocenters. The number of hydrogen-bond donors (Lipinski definition) is 0. The minimum Gasteiger partial charge on any atom is -0.464 e. The Morgan fingerprint density at radius 3 is 1.88 bits per heavy atom. The second-order valence-corrected chi connectivity index (χ2v) is 13.0. The average Bonchev–Trinajstić information content (AvgIpc) is 2.81. The Morgan fingerprint density at radius 2 is 1.44 bits per heavy atom. The summed E-state index contributed by atoms with van der Waals surface area (Å²) >= 11 is 0. The Kier molecular flexibility index (Phi) is 7.21. The van der Waals surface area contributed by atoms with E-state index in [1.807, 2.05) is 36.4 Å². The Bertz CT molecular complexity index is 929. The van der Waals surface area contributed by atoms with E-state index in [0.29, 0.717) is 13.0 Å². The summed E-state index contributed by atoms with van der Waals surface area (Å²) in [7, 11) is -0.210. The van der Waals surface area contributed by atoms with Crippen LogP contribution in [0.15, 0.2) is 72.4 Å². The zero-order valence-corrected chi connectivity index (χ0v) is 20.3. The Hall–Kier alpha value is -2.90. The molecule has 0 N–H and O–H groups in total. The van der Waals surface area contributed by atoms with E-state index in [1.54, 1.807) is 6.08 Å². The fourth-order valence-electron chi connectivity index (χ4n) is 4.32. The fourth-order valence-corrected chi connectivity index (χ4v) is 8.97. The van der Waals surface area contributed by atoms with Crippen LogP contribution in [0.4, 0.5) is 4.79 Å². The van der Waals surface area contributed by atoms with Crippen LogP contribution in [0.25, 0.3) is 0 Å². The topological polar surface area (TPSA) is 65.1 Å². The first-order valence-corrected chi connectivity index (χ1v) is 12.6. The van der Waals surface area contributed by atoms with E-state index in [-0.39, 0.29) is 16.8 Å². The zero-order chi connectivity index (χ0) is 23.4. The number of hydrogen-bond acceptors (Lipinski definition) is 5. The van der Waals surface area contributed by atoms with Gasteiger partial charge in [-0.25, -0.2) is 9.59 Å². The summed E-state index contributed by atoms with van der Waals surface area (Å²) in [5, 5.41) is 2.11. The van der Waals surface area contributed by atoms with Crippen molar-refractivity contribution in [2.45, 2.75) is 38.3 Å². The van der Waals surface area contributed by atoms with Crippen LogP contribution in [-0.4, -0.2) is 52.1 Å². The van der Waals surface area contributed by atoms with Crippen LogP contribution in [0.3, 0.4) is 0 Å². The largest absolute Gasteiger partial charge is 0.464 e. The number of esters is 1. The van der Waals surface area contributed by atoms with Gasteiger partial charge in [-0.3, -0.25) is 4.90 Å². The molecule has 1 aliphatic rings. The molecular formula is C25H31NO5Si. The molecule has 1 amide bonds. The first kappa shape index (κ1) is 23.8. The lowest BCUT2D eigenvalue weighted by atomic mass is 10.1. The van der Waals surface area contributed by atoms with Gasteiger partial charge in [0.2, 0.25) is 0 Å². The molecule has 1 aliphatic heterocycles. The minimum atomic E-state index is -2.80. The van der Waals surface area contributed by atoms with Gasteiger partial charge in [-0.2, -0.15) is 0 Å².